The molecule has 1 nitrogen and oxygen atoms in total. The molecule has 22 heavy (non-hydrogen) atoms. The van der Waals surface area contributed by atoms with Gasteiger partial charge in [-0.2, -0.15) is 13.2 Å². The summed E-state index contributed by atoms with van der Waals surface area (Å²) in [6.45, 7) is 0. The van der Waals surface area contributed by atoms with Gasteiger partial charge < -0.3 is 4.74 Å². The Kier molecular flexibility index (Phi) is 4.59. The Morgan fingerprint density at radius 3 is 2.09 bits per heavy atom. The first-order chi connectivity index (χ1) is 10.1. The number of ether oxygens (including phenoxy) is 1. The minimum absolute atomic E-state index is 0.262. The predicted octanol–water partition coefficient (Wildman–Crippen LogP) is 5.88. The summed E-state index contributed by atoms with van der Waals surface area (Å²) in [6.07, 6.45) is -9.30. The van der Waals surface area contributed by atoms with Gasteiger partial charge in [-0.3, -0.25) is 0 Å². The topological polar surface area (TPSA) is 9.23 Å². The summed E-state index contributed by atoms with van der Waals surface area (Å²) in [7, 11) is 0. The maximum absolute atomic E-state index is 12.7. The van der Waals surface area contributed by atoms with E-state index in [4.69, 9.17) is 0 Å². The fourth-order valence-electron chi connectivity index (χ4n) is 1.79. The Labute approximate surface area is 135 Å². The van der Waals surface area contributed by atoms with Crippen LogP contribution in [0.3, 0.4) is 0 Å². The average molecular weight is 432 g/mol. The molecule has 0 fully saturated rings. The van der Waals surface area contributed by atoms with Crippen molar-refractivity contribution in [2.75, 3.05) is 0 Å². The number of rotatable bonds is 2. The van der Waals surface area contributed by atoms with Gasteiger partial charge >= 0.3 is 12.5 Å². The van der Waals surface area contributed by atoms with Gasteiger partial charge in [0, 0.05) is 3.57 Å². The SMILES string of the molecule is FC(F)(F)Oc1ccc(-c2cccc(C(F)(F)F)c2)c(I)c1. The lowest BCUT2D eigenvalue weighted by atomic mass is 10.0. The fraction of sp³-hybridized carbons (Fsp3) is 0.143. The molecule has 0 atom stereocenters. The molecule has 0 saturated heterocycles. The van der Waals surface area contributed by atoms with Crippen molar-refractivity contribution in [2.45, 2.75) is 12.5 Å². The van der Waals surface area contributed by atoms with Crippen molar-refractivity contribution in [3.05, 3.63) is 51.6 Å². The van der Waals surface area contributed by atoms with Gasteiger partial charge in [0.1, 0.15) is 5.75 Å². The summed E-state index contributed by atoms with van der Waals surface area (Å²) in [5.74, 6) is -0.423. The summed E-state index contributed by atoms with van der Waals surface area (Å²) in [6, 6.07) is 8.04. The summed E-state index contributed by atoms with van der Waals surface area (Å²) >= 11 is 1.75. The Morgan fingerprint density at radius 1 is 0.864 bits per heavy atom. The van der Waals surface area contributed by atoms with E-state index in [1.54, 1.807) is 22.6 Å². The molecule has 0 spiro atoms. The first kappa shape index (κ1) is 16.9. The van der Waals surface area contributed by atoms with E-state index in [-0.39, 0.29) is 5.56 Å². The zero-order valence-corrected chi connectivity index (χ0v) is 12.8. The number of hydrogen-bond acceptors (Lipinski definition) is 1. The molecule has 118 valence electrons. The normalized spacial score (nSPS) is 12.3. The summed E-state index contributed by atoms with van der Waals surface area (Å²) in [5, 5.41) is 0. The Bertz CT molecular complexity index is 678. The van der Waals surface area contributed by atoms with E-state index in [1.165, 1.54) is 18.2 Å². The van der Waals surface area contributed by atoms with E-state index in [9.17, 15) is 26.3 Å². The highest BCUT2D eigenvalue weighted by molar-refractivity contribution is 14.1. The van der Waals surface area contributed by atoms with Crippen LogP contribution in [-0.2, 0) is 6.18 Å². The third-order valence-electron chi connectivity index (χ3n) is 2.68. The van der Waals surface area contributed by atoms with Crippen LogP contribution in [0, 0.1) is 3.57 Å². The van der Waals surface area contributed by atoms with Crippen molar-refractivity contribution in [1.29, 1.82) is 0 Å². The number of hydrogen-bond donors (Lipinski definition) is 0. The van der Waals surface area contributed by atoms with Crippen molar-refractivity contribution in [3.8, 4) is 16.9 Å². The Morgan fingerprint density at radius 2 is 1.55 bits per heavy atom. The molecule has 0 amide bonds. The van der Waals surface area contributed by atoms with Crippen LogP contribution in [0.25, 0.3) is 11.1 Å². The second kappa shape index (κ2) is 5.98. The minimum Gasteiger partial charge on any atom is -0.406 e. The standard InChI is InChI=1S/C14H7F6IO/c15-13(16,17)9-3-1-2-8(6-9)11-5-4-10(7-12(11)21)22-14(18,19)20/h1-7H. The lowest BCUT2D eigenvalue weighted by molar-refractivity contribution is -0.274. The van der Waals surface area contributed by atoms with Crippen LogP contribution < -0.4 is 4.74 Å². The van der Waals surface area contributed by atoms with E-state index in [0.29, 0.717) is 9.13 Å². The van der Waals surface area contributed by atoms with Gasteiger partial charge in [0.05, 0.1) is 5.56 Å². The first-order valence-electron chi connectivity index (χ1n) is 5.79. The zero-order chi connectivity index (χ0) is 16.5. The summed E-state index contributed by atoms with van der Waals surface area (Å²) < 4.78 is 78.6. The average Bonchev–Trinajstić information content (AvgIpc) is 2.36. The van der Waals surface area contributed by atoms with Gasteiger partial charge in [0.2, 0.25) is 0 Å². The summed E-state index contributed by atoms with van der Waals surface area (Å²) in [5.41, 5.74) is -0.171. The molecule has 0 bridgehead atoms. The van der Waals surface area contributed by atoms with Gasteiger partial charge in [-0.25, -0.2) is 0 Å². The molecule has 2 rings (SSSR count). The Hall–Kier alpha value is -1.45. The van der Waals surface area contributed by atoms with E-state index in [1.807, 2.05) is 0 Å². The van der Waals surface area contributed by atoms with Crippen LogP contribution in [0.2, 0.25) is 0 Å². The highest BCUT2D eigenvalue weighted by Gasteiger charge is 2.32. The molecule has 0 aromatic heterocycles. The fourth-order valence-corrected chi connectivity index (χ4v) is 2.59. The third-order valence-corrected chi connectivity index (χ3v) is 3.57. The van der Waals surface area contributed by atoms with E-state index < -0.39 is 23.9 Å². The molecule has 0 aliphatic rings. The van der Waals surface area contributed by atoms with Crippen LogP contribution in [0.4, 0.5) is 26.3 Å². The number of halogens is 7. The first-order valence-corrected chi connectivity index (χ1v) is 6.87. The predicted molar refractivity (Wildman–Crippen MR) is 76.3 cm³/mol. The van der Waals surface area contributed by atoms with E-state index in [0.717, 1.165) is 24.3 Å². The quantitative estimate of drug-likeness (QED) is 0.426. The molecule has 2 aromatic carbocycles. The molecular formula is C14H7F6IO. The van der Waals surface area contributed by atoms with Gasteiger partial charge in [-0.05, 0) is 64.0 Å². The van der Waals surface area contributed by atoms with Crippen LogP contribution >= 0.6 is 22.6 Å². The molecular weight excluding hydrogens is 425 g/mol. The zero-order valence-electron chi connectivity index (χ0n) is 10.6. The van der Waals surface area contributed by atoms with Crippen molar-refractivity contribution in [1.82, 2.24) is 0 Å². The van der Waals surface area contributed by atoms with Gasteiger partial charge in [-0.15, -0.1) is 13.2 Å². The van der Waals surface area contributed by atoms with Gasteiger partial charge in [-0.1, -0.05) is 12.1 Å². The molecule has 2 aromatic rings. The van der Waals surface area contributed by atoms with Crippen molar-refractivity contribution < 1.29 is 31.1 Å². The smallest absolute Gasteiger partial charge is 0.406 e. The third kappa shape index (κ3) is 4.28. The van der Waals surface area contributed by atoms with Crippen LogP contribution in [0.5, 0.6) is 5.75 Å². The molecule has 0 aliphatic heterocycles. The molecule has 8 heteroatoms. The monoisotopic (exact) mass is 432 g/mol. The van der Waals surface area contributed by atoms with Crippen molar-refractivity contribution in [2.24, 2.45) is 0 Å². The molecule has 0 aliphatic carbocycles. The molecule has 0 N–H and O–H groups in total. The van der Waals surface area contributed by atoms with Crippen LogP contribution in [-0.4, -0.2) is 6.36 Å². The lowest BCUT2D eigenvalue weighted by Crippen LogP contribution is -2.17. The largest absolute Gasteiger partial charge is 0.573 e. The molecule has 0 unspecified atom stereocenters. The van der Waals surface area contributed by atoms with Gasteiger partial charge in [0.15, 0.2) is 0 Å². The molecule has 0 saturated carbocycles. The highest BCUT2D eigenvalue weighted by atomic mass is 127. The van der Waals surface area contributed by atoms with E-state index >= 15 is 0 Å². The maximum atomic E-state index is 12.7. The lowest BCUT2D eigenvalue weighted by Gasteiger charge is -2.12. The number of alkyl halides is 6. The molecule has 0 radical (unpaired) electrons. The van der Waals surface area contributed by atoms with Crippen molar-refractivity contribution >= 4 is 22.6 Å². The van der Waals surface area contributed by atoms with E-state index in [2.05, 4.69) is 4.74 Å². The van der Waals surface area contributed by atoms with Crippen LogP contribution in [0.15, 0.2) is 42.5 Å². The van der Waals surface area contributed by atoms with Crippen LogP contribution in [0.1, 0.15) is 5.56 Å². The Balaban J connectivity index is 2.38. The minimum atomic E-state index is -4.82. The van der Waals surface area contributed by atoms with Gasteiger partial charge in [0.25, 0.3) is 0 Å². The second-order valence-electron chi connectivity index (χ2n) is 4.27. The summed E-state index contributed by atoms with van der Waals surface area (Å²) in [4.78, 5) is 0. The maximum Gasteiger partial charge on any atom is 0.573 e. The second-order valence-corrected chi connectivity index (χ2v) is 5.43. The van der Waals surface area contributed by atoms with Crippen molar-refractivity contribution in [3.63, 3.8) is 0 Å². The number of benzene rings is 2. The molecule has 0 heterocycles. The highest BCUT2D eigenvalue weighted by Crippen LogP contribution is 2.35.